The minimum absolute atomic E-state index is 0.0210. The van der Waals surface area contributed by atoms with Gasteiger partial charge in [0.2, 0.25) is 11.8 Å². The lowest BCUT2D eigenvalue weighted by Crippen LogP contribution is -2.25. The average molecular weight is 500 g/mol. The van der Waals surface area contributed by atoms with Gasteiger partial charge in [0.15, 0.2) is 11.5 Å². The fraction of sp³-hybridized carbons (Fsp3) is 0.174. The Balaban J connectivity index is 1.58. The number of halogens is 3. The van der Waals surface area contributed by atoms with E-state index in [0.717, 1.165) is 6.07 Å². The summed E-state index contributed by atoms with van der Waals surface area (Å²) in [6.45, 7) is 1.13. The van der Waals surface area contributed by atoms with Gasteiger partial charge >= 0.3 is 6.36 Å². The summed E-state index contributed by atoms with van der Waals surface area (Å²) in [6, 6.07) is 10.3. The summed E-state index contributed by atoms with van der Waals surface area (Å²) in [5.41, 5.74) is 1.59. The number of amides is 2. The second-order valence-corrected chi connectivity index (χ2v) is 7.45. The van der Waals surface area contributed by atoms with Crippen LogP contribution in [0.2, 0.25) is 0 Å². The third-order valence-electron chi connectivity index (χ3n) is 4.85. The van der Waals surface area contributed by atoms with Crippen molar-refractivity contribution in [2.24, 2.45) is 0 Å². The summed E-state index contributed by atoms with van der Waals surface area (Å²) in [5, 5.41) is 9.57. The highest BCUT2D eigenvalue weighted by Crippen LogP contribution is 2.27. The van der Waals surface area contributed by atoms with Gasteiger partial charge in [0.05, 0.1) is 19.0 Å². The molecule has 186 valence electrons. The first-order valence-electron chi connectivity index (χ1n) is 10.4. The molecule has 1 aromatic carbocycles. The van der Waals surface area contributed by atoms with Gasteiger partial charge in [0.25, 0.3) is 5.91 Å². The summed E-state index contributed by atoms with van der Waals surface area (Å²) < 4.78 is 48.7. The summed E-state index contributed by atoms with van der Waals surface area (Å²) in [4.78, 5) is 32.6. The van der Waals surface area contributed by atoms with E-state index >= 15 is 0 Å². The van der Waals surface area contributed by atoms with E-state index in [4.69, 9.17) is 4.74 Å². The molecule has 0 saturated heterocycles. The number of hydrogen-bond donors (Lipinski definition) is 2. The molecule has 3 aromatic heterocycles. The van der Waals surface area contributed by atoms with Crippen molar-refractivity contribution in [3.8, 4) is 22.9 Å². The SMILES string of the molecule is COc1ncc(-c2ccc3nc(NC(C)=O)cn3n2)cc1C(=O)NCc1ccccc1OC(F)(F)F. The molecule has 2 amide bonds. The number of carbonyl (C=O) groups is 2. The number of benzene rings is 1. The second-order valence-electron chi connectivity index (χ2n) is 7.45. The third-order valence-corrected chi connectivity index (χ3v) is 4.85. The van der Waals surface area contributed by atoms with Crippen molar-refractivity contribution in [2.75, 3.05) is 12.4 Å². The molecule has 0 radical (unpaired) electrons. The molecule has 3 heterocycles. The first-order valence-corrected chi connectivity index (χ1v) is 10.4. The standard InChI is InChI=1S/C23H19F3N6O4/c1-13(33)29-19-12-32-20(30-19)8-7-17(31-32)15-9-16(22(35-2)28-11-15)21(34)27-10-14-5-3-4-6-18(14)36-23(24,25)26/h3-9,11-12H,10H2,1-2H3,(H,27,34)(H,29,33). The van der Waals surface area contributed by atoms with E-state index < -0.39 is 18.0 Å². The summed E-state index contributed by atoms with van der Waals surface area (Å²) in [5.74, 6) is -0.968. The number of alkyl halides is 3. The van der Waals surface area contributed by atoms with Gasteiger partial charge in [-0.25, -0.2) is 14.5 Å². The van der Waals surface area contributed by atoms with Crippen molar-refractivity contribution < 1.29 is 32.2 Å². The van der Waals surface area contributed by atoms with Crippen molar-refractivity contribution >= 4 is 23.3 Å². The van der Waals surface area contributed by atoms with E-state index in [9.17, 15) is 22.8 Å². The maximum Gasteiger partial charge on any atom is 0.573 e. The molecule has 4 rings (SSSR count). The van der Waals surface area contributed by atoms with Gasteiger partial charge in [0.1, 0.15) is 11.3 Å². The number of para-hydroxylation sites is 1. The third kappa shape index (κ3) is 5.68. The van der Waals surface area contributed by atoms with Crippen LogP contribution in [0.15, 0.2) is 54.9 Å². The Morgan fingerprint density at radius 2 is 1.92 bits per heavy atom. The molecular weight excluding hydrogens is 481 g/mol. The van der Waals surface area contributed by atoms with Crippen LogP contribution in [0.1, 0.15) is 22.8 Å². The van der Waals surface area contributed by atoms with Crippen LogP contribution in [0.25, 0.3) is 16.9 Å². The van der Waals surface area contributed by atoms with Crippen LogP contribution in [0.5, 0.6) is 11.6 Å². The quantitative estimate of drug-likeness (QED) is 0.398. The highest BCUT2D eigenvalue weighted by molar-refractivity contribution is 5.97. The van der Waals surface area contributed by atoms with Crippen molar-refractivity contribution in [2.45, 2.75) is 19.8 Å². The fourth-order valence-electron chi connectivity index (χ4n) is 3.34. The molecule has 0 bridgehead atoms. The van der Waals surface area contributed by atoms with Crippen LogP contribution in [-0.2, 0) is 11.3 Å². The number of aromatic nitrogens is 4. The van der Waals surface area contributed by atoms with E-state index in [1.807, 2.05) is 0 Å². The van der Waals surface area contributed by atoms with Gasteiger partial charge in [-0.2, -0.15) is 5.10 Å². The molecular formula is C23H19F3N6O4. The van der Waals surface area contributed by atoms with Crippen LogP contribution in [0, 0.1) is 0 Å². The van der Waals surface area contributed by atoms with Crippen molar-refractivity contribution in [1.29, 1.82) is 0 Å². The smallest absolute Gasteiger partial charge is 0.480 e. The van der Waals surface area contributed by atoms with Crippen LogP contribution >= 0.6 is 0 Å². The molecule has 0 spiro atoms. The lowest BCUT2D eigenvalue weighted by atomic mass is 10.1. The number of methoxy groups -OCH3 is 1. The first-order chi connectivity index (χ1) is 17.1. The van der Waals surface area contributed by atoms with Crippen LogP contribution in [-0.4, -0.2) is 44.9 Å². The Hall–Kier alpha value is -4.68. The van der Waals surface area contributed by atoms with Gasteiger partial charge in [-0.3, -0.25) is 9.59 Å². The molecule has 0 atom stereocenters. The number of pyridine rings is 1. The molecule has 0 saturated carbocycles. The van der Waals surface area contributed by atoms with Crippen molar-refractivity contribution in [3.05, 3.63) is 66.0 Å². The van der Waals surface area contributed by atoms with Crippen molar-refractivity contribution in [3.63, 3.8) is 0 Å². The number of nitrogens with zero attached hydrogens (tertiary/aromatic N) is 4. The maximum atomic E-state index is 12.9. The monoisotopic (exact) mass is 500 g/mol. The van der Waals surface area contributed by atoms with E-state index in [1.165, 1.54) is 55.2 Å². The Bertz CT molecular complexity index is 1440. The largest absolute Gasteiger partial charge is 0.573 e. The zero-order valence-corrected chi connectivity index (χ0v) is 19.0. The van der Waals surface area contributed by atoms with Gasteiger partial charge < -0.3 is 20.1 Å². The topological polar surface area (TPSA) is 120 Å². The van der Waals surface area contributed by atoms with Crippen LogP contribution in [0.3, 0.4) is 0 Å². The predicted molar refractivity (Wildman–Crippen MR) is 121 cm³/mol. The van der Waals surface area contributed by atoms with Crippen LogP contribution < -0.4 is 20.1 Å². The molecule has 13 heteroatoms. The molecule has 4 aromatic rings. The van der Waals surface area contributed by atoms with E-state index in [1.54, 1.807) is 12.1 Å². The maximum absolute atomic E-state index is 12.9. The van der Waals surface area contributed by atoms with Gasteiger partial charge in [-0.15, -0.1) is 13.2 Å². The average Bonchev–Trinajstić information content (AvgIpc) is 3.22. The zero-order valence-electron chi connectivity index (χ0n) is 19.0. The number of imidazole rings is 1. The molecule has 10 nitrogen and oxygen atoms in total. The molecule has 0 aliphatic carbocycles. The Morgan fingerprint density at radius 3 is 2.64 bits per heavy atom. The lowest BCUT2D eigenvalue weighted by Gasteiger charge is -2.14. The summed E-state index contributed by atoms with van der Waals surface area (Å²) >= 11 is 0. The Kier molecular flexibility index (Phi) is 6.72. The van der Waals surface area contributed by atoms with Crippen molar-refractivity contribution in [1.82, 2.24) is 24.9 Å². The van der Waals surface area contributed by atoms with Crippen LogP contribution in [0.4, 0.5) is 19.0 Å². The number of rotatable bonds is 7. The highest BCUT2D eigenvalue weighted by Gasteiger charge is 2.32. The summed E-state index contributed by atoms with van der Waals surface area (Å²) in [7, 11) is 1.34. The molecule has 2 N–H and O–H groups in total. The zero-order chi connectivity index (χ0) is 25.9. The summed E-state index contributed by atoms with van der Waals surface area (Å²) in [6.07, 6.45) is -1.87. The number of ether oxygens (including phenoxy) is 2. The molecule has 0 fully saturated rings. The van der Waals surface area contributed by atoms with E-state index in [0.29, 0.717) is 22.7 Å². The number of anilines is 1. The normalized spacial score (nSPS) is 11.2. The highest BCUT2D eigenvalue weighted by atomic mass is 19.4. The van der Waals surface area contributed by atoms with Gasteiger partial charge in [0, 0.05) is 30.8 Å². The van der Waals surface area contributed by atoms with Gasteiger partial charge in [-0.05, 0) is 24.3 Å². The fourth-order valence-corrected chi connectivity index (χ4v) is 3.34. The molecule has 0 unspecified atom stereocenters. The Labute approximate surface area is 202 Å². The minimum Gasteiger partial charge on any atom is -0.480 e. The lowest BCUT2D eigenvalue weighted by molar-refractivity contribution is -0.274. The molecule has 0 aliphatic heterocycles. The minimum atomic E-state index is -4.87. The Morgan fingerprint density at radius 1 is 1.14 bits per heavy atom. The van der Waals surface area contributed by atoms with Gasteiger partial charge in [-0.1, -0.05) is 18.2 Å². The molecule has 36 heavy (non-hydrogen) atoms. The number of nitrogens with one attached hydrogen (secondary N) is 2. The van der Waals surface area contributed by atoms with E-state index in [-0.39, 0.29) is 29.5 Å². The number of fused-ring (bicyclic) bond motifs is 1. The van der Waals surface area contributed by atoms with E-state index in [2.05, 4.69) is 30.4 Å². The number of carbonyl (C=O) groups excluding carboxylic acids is 2. The predicted octanol–water partition coefficient (Wildman–Crippen LogP) is 3.59. The first kappa shape index (κ1) is 24.4. The number of hydrogen-bond acceptors (Lipinski definition) is 7. The molecule has 0 aliphatic rings. The second kappa shape index (κ2) is 9.90.